The standard InChI is InChI=1S/C14H25N3O3/c1-6-19-14(18)11(9-10(2)3)13-15-12(16-20-13)7-8-17(4)5/h10-11H,6-9H2,1-5H3. The van der Waals surface area contributed by atoms with Crippen molar-refractivity contribution in [2.24, 2.45) is 5.92 Å². The maximum atomic E-state index is 12.0. The molecule has 0 aliphatic rings. The third kappa shape index (κ3) is 5.28. The third-order valence-corrected chi connectivity index (χ3v) is 2.84. The number of carbonyl (C=O) groups excluding carboxylic acids is 1. The lowest BCUT2D eigenvalue weighted by Crippen LogP contribution is -2.18. The van der Waals surface area contributed by atoms with Crippen molar-refractivity contribution in [3.63, 3.8) is 0 Å². The van der Waals surface area contributed by atoms with Crippen LogP contribution in [0.3, 0.4) is 0 Å². The molecule has 1 atom stereocenters. The lowest BCUT2D eigenvalue weighted by atomic mass is 9.97. The molecule has 0 radical (unpaired) electrons. The number of esters is 1. The quantitative estimate of drug-likeness (QED) is 0.678. The Morgan fingerprint density at radius 1 is 1.40 bits per heavy atom. The highest BCUT2D eigenvalue weighted by molar-refractivity contribution is 5.76. The molecule has 0 aliphatic carbocycles. The molecular formula is C14H25N3O3. The Hall–Kier alpha value is -1.43. The molecule has 1 heterocycles. The highest BCUT2D eigenvalue weighted by Crippen LogP contribution is 2.24. The molecular weight excluding hydrogens is 258 g/mol. The van der Waals surface area contributed by atoms with E-state index < -0.39 is 5.92 Å². The molecule has 0 saturated carbocycles. The summed E-state index contributed by atoms with van der Waals surface area (Å²) in [6, 6.07) is 0. The predicted molar refractivity (Wildman–Crippen MR) is 75.4 cm³/mol. The first-order valence-electron chi connectivity index (χ1n) is 7.07. The van der Waals surface area contributed by atoms with Crippen molar-refractivity contribution < 1.29 is 14.1 Å². The van der Waals surface area contributed by atoms with Crippen LogP contribution in [-0.2, 0) is 16.0 Å². The average molecular weight is 283 g/mol. The number of ether oxygens (including phenoxy) is 1. The van der Waals surface area contributed by atoms with Gasteiger partial charge in [0.15, 0.2) is 5.82 Å². The van der Waals surface area contributed by atoms with Gasteiger partial charge in [-0.3, -0.25) is 4.79 Å². The maximum absolute atomic E-state index is 12.0. The molecule has 0 fully saturated rings. The van der Waals surface area contributed by atoms with Gasteiger partial charge in [-0.1, -0.05) is 19.0 Å². The van der Waals surface area contributed by atoms with E-state index in [0.29, 0.717) is 37.1 Å². The van der Waals surface area contributed by atoms with Crippen molar-refractivity contribution in [3.05, 3.63) is 11.7 Å². The maximum Gasteiger partial charge on any atom is 0.318 e. The second kappa shape index (κ2) is 7.99. The first-order valence-corrected chi connectivity index (χ1v) is 7.07. The molecule has 0 aliphatic heterocycles. The minimum Gasteiger partial charge on any atom is -0.465 e. The number of aromatic nitrogens is 2. The Morgan fingerprint density at radius 3 is 2.65 bits per heavy atom. The van der Waals surface area contributed by atoms with Gasteiger partial charge in [0, 0.05) is 13.0 Å². The van der Waals surface area contributed by atoms with Crippen molar-refractivity contribution >= 4 is 5.97 Å². The number of carbonyl (C=O) groups is 1. The van der Waals surface area contributed by atoms with Gasteiger partial charge in [0.2, 0.25) is 5.89 Å². The third-order valence-electron chi connectivity index (χ3n) is 2.84. The topological polar surface area (TPSA) is 68.5 Å². The molecule has 1 aromatic heterocycles. The zero-order chi connectivity index (χ0) is 15.1. The summed E-state index contributed by atoms with van der Waals surface area (Å²) in [5, 5.41) is 3.94. The number of nitrogens with zero attached hydrogens (tertiary/aromatic N) is 3. The Balaban J connectivity index is 2.77. The second-order valence-corrected chi connectivity index (χ2v) is 5.54. The zero-order valence-electron chi connectivity index (χ0n) is 13.0. The first-order chi connectivity index (χ1) is 9.43. The molecule has 0 N–H and O–H groups in total. The summed E-state index contributed by atoms with van der Waals surface area (Å²) in [6.45, 7) is 7.09. The summed E-state index contributed by atoms with van der Waals surface area (Å²) in [4.78, 5) is 18.4. The van der Waals surface area contributed by atoms with Gasteiger partial charge >= 0.3 is 5.97 Å². The predicted octanol–water partition coefficient (Wildman–Crippen LogP) is 1.87. The molecule has 6 nitrogen and oxygen atoms in total. The van der Waals surface area contributed by atoms with Crippen LogP contribution < -0.4 is 0 Å². The summed E-state index contributed by atoms with van der Waals surface area (Å²) >= 11 is 0. The first kappa shape index (κ1) is 16.6. The van der Waals surface area contributed by atoms with E-state index in [1.54, 1.807) is 6.92 Å². The Morgan fingerprint density at radius 2 is 2.10 bits per heavy atom. The highest BCUT2D eigenvalue weighted by Gasteiger charge is 2.28. The van der Waals surface area contributed by atoms with Gasteiger partial charge in [-0.2, -0.15) is 4.98 Å². The van der Waals surface area contributed by atoms with Crippen LogP contribution >= 0.6 is 0 Å². The molecule has 114 valence electrons. The molecule has 0 amide bonds. The van der Waals surface area contributed by atoms with Gasteiger partial charge in [0.05, 0.1) is 6.61 Å². The Bertz CT molecular complexity index is 416. The SMILES string of the molecule is CCOC(=O)C(CC(C)C)c1nc(CCN(C)C)no1. The van der Waals surface area contributed by atoms with Crippen molar-refractivity contribution in [2.75, 3.05) is 27.2 Å². The molecule has 0 spiro atoms. The minimum absolute atomic E-state index is 0.288. The van der Waals surface area contributed by atoms with Crippen LogP contribution in [0.5, 0.6) is 0 Å². The lowest BCUT2D eigenvalue weighted by Gasteiger charge is -2.13. The van der Waals surface area contributed by atoms with E-state index in [9.17, 15) is 4.79 Å². The Labute approximate surface area is 120 Å². The van der Waals surface area contributed by atoms with Crippen molar-refractivity contribution in [1.29, 1.82) is 0 Å². The lowest BCUT2D eigenvalue weighted by molar-refractivity contribution is -0.146. The number of hydrogen-bond acceptors (Lipinski definition) is 6. The molecule has 20 heavy (non-hydrogen) atoms. The number of hydrogen-bond donors (Lipinski definition) is 0. The summed E-state index contributed by atoms with van der Waals surface area (Å²) in [7, 11) is 3.97. The number of rotatable bonds is 8. The van der Waals surface area contributed by atoms with E-state index in [1.165, 1.54) is 0 Å². The smallest absolute Gasteiger partial charge is 0.318 e. The summed E-state index contributed by atoms with van der Waals surface area (Å²) < 4.78 is 10.3. The fourth-order valence-corrected chi connectivity index (χ4v) is 1.85. The van der Waals surface area contributed by atoms with E-state index in [2.05, 4.69) is 24.0 Å². The summed E-state index contributed by atoms with van der Waals surface area (Å²) in [5.41, 5.74) is 0. The van der Waals surface area contributed by atoms with Gasteiger partial charge in [-0.25, -0.2) is 0 Å². The van der Waals surface area contributed by atoms with E-state index >= 15 is 0 Å². The molecule has 0 aromatic carbocycles. The van der Waals surface area contributed by atoms with Gasteiger partial charge in [0.1, 0.15) is 5.92 Å². The van der Waals surface area contributed by atoms with Gasteiger partial charge in [0.25, 0.3) is 0 Å². The van der Waals surface area contributed by atoms with Gasteiger partial charge in [-0.15, -0.1) is 0 Å². The molecule has 1 aromatic rings. The minimum atomic E-state index is -0.462. The van der Waals surface area contributed by atoms with Crippen molar-refractivity contribution in [1.82, 2.24) is 15.0 Å². The summed E-state index contributed by atoms with van der Waals surface area (Å²) in [5.74, 6) is 0.596. The van der Waals surface area contributed by atoms with Crippen LogP contribution in [0, 0.1) is 5.92 Å². The molecule has 1 rings (SSSR count). The van der Waals surface area contributed by atoms with Crippen LogP contribution in [-0.4, -0.2) is 48.3 Å². The van der Waals surface area contributed by atoms with Crippen LogP contribution in [0.4, 0.5) is 0 Å². The fraction of sp³-hybridized carbons (Fsp3) is 0.786. The van der Waals surface area contributed by atoms with Crippen molar-refractivity contribution in [3.8, 4) is 0 Å². The molecule has 0 saturated heterocycles. The van der Waals surface area contributed by atoms with Gasteiger partial charge < -0.3 is 14.2 Å². The monoisotopic (exact) mass is 283 g/mol. The molecule has 1 unspecified atom stereocenters. The van der Waals surface area contributed by atoms with E-state index in [4.69, 9.17) is 9.26 Å². The normalized spacial score (nSPS) is 12.9. The molecule has 6 heteroatoms. The van der Waals surface area contributed by atoms with Crippen LogP contribution in [0.15, 0.2) is 4.52 Å². The zero-order valence-corrected chi connectivity index (χ0v) is 13.0. The van der Waals surface area contributed by atoms with E-state index in [0.717, 1.165) is 6.54 Å². The van der Waals surface area contributed by atoms with Crippen molar-refractivity contribution in [2.45, 2.75) is 39.5 Å². The molecule has 0 bridgehead atoms. The van der Waals surface area contributed by atoms with E-state index in [1.807, 2.05) is 19.0 Å². The van der Waals surface area contributed by atoms with Crippen LogP contribution in [0.1, 0.15) is 44.8 Å². The van der Waals surface area contributed by atoms with Crippen LogP contribution in [0.2, 0.25) is 0 Å². The summed E-state index contributed by atoms with van der Waals surface area (Å²) in [6.07, 6.45) is 1.35. The average Bonchev–Trinajstić information content (AvgIpc) is 2.82. The number of likely N-dealkylation sites (N-methyl/N-ethyl adjacent to an activating group) is 1. The second-order valence-electron chi connectivity index (χ2n) is 5.54. The van der Waals surface area contributed by atoms with Crippen LogP contribution in [0.25, 0.3) is 0 Å². The highest BCUT2D eigenvalue weighted by atomic mass is 16.5. The van der Waals surface area contributed by atoms with Gasteiger partial charge in [-0.05, 0) is 33.4 Å². The fourth-order valence-electron chi connectivity index (χ4n) is 1.85. The van der Waals surface area contributed by atoms with E-state index in [-0.39, 0.29) is 5.97 Å². The largest absolute Gasteiger partial charge is 0.465 e. The Kier molecular flexibility index (Phi) is 6.64.